The lowest BCUT2D eigenvalue weighted by Gasteiger charge is -2.25. The maximum atomic E-state index is 13.5. The fourth-order valence-electron chi connectivity index (χ4n) is 5.21. The van der Waals surface area contributed by atoms with Crippen LogP contribution in [0.5, 0.6) is 28.7 Å². The SMILES string of the molecule is O=C1Nc2cccc(-c3ccc(Oc4ccccc4)cc3)c2C12COc1cc3c(cc12)OCCO3. The average molecular weight is 463 g/mol. The molecule has 1 N–H and O–H groups in total. The third kappa shape index (κ3) is 2.99. The molecule has 3 aliphatic rings. The van der Waals surface area contributed by atoms with Gasteiger partial charge in [-0.25, -0.2) is 0 Å². The summed E-state index contributed by atoms with van der Waals surface area (Å²) in [4.78, 5) is 13.5. The number of benzene rings is 4. The molecule has 0 bridgehead atoms. The van der Waals surface area contributed by atoms with Crippen LogP contribution in [-0.4, -0.2) is 25.7 Å². The molecular formula is C29H21NO5. The third-order valence-electron chi connectivity index (χ3n) is 6.82. The van der Waals surface area contributed by atoms with E-state index in [9.17, 15) is 4.79 Å². The van der Waals surface area contributed by atoms with Gasteiger partial charge in [-0.15, -0.1) is 0 Å². The van der Waals surface area contributed by atoms with E-state index in [1.807, 2.05) is 84.9 Å². The Balaban J connectivity index is 1.32. The molecule has 1 atom stereocenters. The third-order valence-corrected chi connectivity index (χ3v) is 6.82. The van der Waals surface area contributed by atoms with E-state index in [2.05, 4.69) is 5.32 Å². The quantitative estimate of drug-likeness (QED) is 0.432. The lowest BCUT2D eigenvalue weighted by atomic mass is 9.74. The maximum Gasteiger partial charge on any atom is 0.243 e. The first kappa shape index (κ1) is 20.0. The molecule has 35 heavy (non-hydrogen) atoms. The second-order valence-corrected chi connectivity index (χ2v) is 8.81. The van der Waals surface area contributed by atoms with E-state index >= 15 is 0 Å². The number of hydrogen-bond acceptors (Lipinski definition) is 5. The van der Waals surface area contributed by atoms with Crippen molar-refractivity contribution in [3.05, 3.63) is 96.1 Å². The van der Waals surface area contributed by atoms with Crippen LogP contribution in [0, 0.1) is 0 Å². The molecule has 0 saturated carbocycles. The van der Waals surface area contributed by atoms with Gasteiger partial charge in [-0.1, -0.05) is 42.5 Å². The van der Waals surface area contributed by atoms with Crippen molar-refractivity contribution in [3.63, 3.8) is 0 Å². The highest BCUT2D eigenvalue weighted by atomic mass is 16.6. The van der Waals surface area contributed by atoms with Crippen LogP contribution in [0.3, 0.4) is 0 Å². The molecule has 7 rings (SSSR count). The van der Waals surface area contributed by atoms with E-state index in [1.165, 1.54) is 0 Å². The minimum Gasteiger partial charge on any atom is -0.491 e. The molecule has 0 aliphatic carbocycles. The summed E-state index contributed by atoms with van der Waals surface area (Å²) in [6.07, 6.45) is 0. The van der Waals surface area contributed by atoms with Gasteiger partial charge in [0.1, 0.15) is 42.5 Å². The van der Waals surface area contributed by atoms with Gasteiger partial charge >= 0.3 is 0 Å². The zero-order valence-corrected chi connectivity index (χ0v) is 18.7. The largest absolute Gasteiger partial charge is 0.491 e. The fourth-order valence-corrected chi connectivity index (χ4v) is 5.21. The molecule has 3 aliphatic heterocycles. The van der Waals surface area contributed by atoms with E-state index in [-0.39, 0.29) is 12.5 Å². The molecule has 1 amide bonds. The number of amides is 1. The highest BCUT2D eigenvalue weighted by Crippen LogP contribution is 2.55. The van der Waals surface area contributed by atoms with Gasteiger partial charge in [-0.05, 0) is 47.5 Å². The predicted molar refractivity (Wildman–Crippen MR) is 131 cm³/mol. The number of carbonyl (C=O) groups is 1. The second kappa shape index (κ2) is 7.53. The summed E-state index contributed by atoms with van der Waals surface area (Å²) in [6, 6.07) is 27.3. The number of ether oxygens (including phenoxy) is 4. The summed E-state index contributed by atoms with van der Waals surface area (Å²) < 4.78 is 23.6. The van der Waals surface area contributed by atoms with Crippen molar-refractivity contribution in [2.24, 2.45) is 0 Å². The van der Waals surface area contributed by atoms with Gasteiger partial charge in [0.05, 0.1) is 0 Å². The normalized spacial score (nSPS) is 19.0. The van der Waals surface area contributed by atoms with Crippen molar-refractivity contribution in [1.29, 1.82) is 0 Å². The average Bonchev–Trinajstić information content (AvgIpc) is 3.41. The topological polar surface area (TPSA) is 66.0 Å². The van der Waals surface area contributed by atoms with Crippen LogP contribution >= 0.6 is 0 Å². The van der Waals surface area contributed by atoms with Crippen LogP contribution in [0.15, 0.2) is 84.9 Å². The minimum absolute atomic E-state index is 0.0978. The summed E-state index contributed by atoms with van der Waals surface area (Å²) >= 11 is 0. The molecule has 1 unspecified atom stereocenters. The van der Waals surface area contributed by atoms with Crippen molar-refractivity contribution in [2.75, 3.05) is 25.1 Å². The Hall–Kier alpha value is -4.45. The zero-order chi connectivity index (χ0) is 23.4. The first-order valence-corrected chi connectivity index (χ1v) is 11.6. The smallest absolute Gasteiger partial charge is 0.243 e. The molecule has 4 aromatic carbocycles. The Bertz CT molecular complexity index is 1460. The summed E-state index contributed by atoms with van der Waals surface area (Å²) in [5.41, 5.74) is 3.51. The van der Waals surface area contributed by atoms with Crippen LogP contribution in [-0.2, 0) is 10.2 Å². The van der Waals surface area contributed by atoms with Gasteiger partial charge < -0.3 is 24.3 Å². The predicted octanol–water partition coefficient (Wildman–Crippen LogP) is 5.55. The molecular weight excluding hydrogens is 442 g/mol. The number of rotatable bonds is 3. The van der Waals surface area contributed by atoms with Gasteiger partial charge in [0.2, 0.25) is 5.91 Å². The minimum atomic E-state index is -0.962. The first-order chi connectivity index (χ1) is 17.2. The number of carbonyl (C=O) groups excluding carboxylic acids is 1. The van der Waals surface area contributed by atoms with Crippen molar-refractivity contribution < 1.29 is 23.7 Å². The van der Waals surface area contributed by atoms with E-state index in [0.717, 1.165) is 39.4 Å². The Morgan fingerprint density at radius 2 is 1.49 bits per heavy atom. The second-order valence-electron chi connectivity index (χ2n) is 8.81. The van der Waals surface area contributed by atoms with E-state index in [4.69, 9.17) is 18.9 Å². The van der Waals surface area contributed by atoms with Gasteiger partial charge in [0, 0.05) is 22.9 Å². The van der Waals surface area contributed by atoms with Crippen LogP contribution in [0.4, 0.5) is 5.69 Å². The number of anilines is 1. The van der Waals surface area contributed by atoms with Crippen LogP contribution in [0.25, 0.3) is 11.1 Å². The Morgan fingerprint density at radius 3 is 2.29 bits per heavy atom. The molecule has 0 saturated heterocycles. The van der Waals surface area contributed by atoms with Crippen molar-refractivity contribution in [2.45, 2.75) is 5.41 Å². The molecule has 6 nitrogen and oxygen atoms in total. The van der Waals surface area contributed by atoms with Gasteiger partial charge in [0.15, 0.2) is 11.5 Å². The van der Waals surface area contributed by atoms with Crippen LogP contribution in [0.2, 0.25) is 0 Å². The first-order valence-electron chi connectivity index (χ1n) is 11.6. The van der Waals surface area contributed by atoms with Gasteiger partial charge in [-0.3, -0.25) is 4.79 Å². The standard InChI is InChI=1S/C29H21NO5/c31-28-29(17-34-24-16-26-25(15-22(24)29)32-13-14-33-26)27-21(7-4-8-23(27)30-28)18-9-11-20(12-10-18)35-19-5-2-1-3-6-19/h1-12,15-16H,13-14,17H2,(H,30,31). The van der Waals surface area contributed by atoms with E-state index < -0.39 is 5.41 Å². The molecule has 0 aromatic heterocycles. The van der Waals surface area contributed by atoms with Crippen molar-refractivity contribution in [1.82, 2.24) is 0 Å². The monoisotopic (exact) mass is 463 g/mol. The lowest BCUT2D eigenvalue weighted by molar-refractivity contribution is -0.119. The Morgan fingerprint density at radius 1 is 0.743 bits per heavy atom. The molecule has 0 fully saturated rings. The molecule has 0 radical (unpaired) electrons. The zero-order valence-electron chi connectivity index (χ0n) is 18.7. The molecule has 172 valence electrons. The number of nitrogens with one attached hydrogen (secondary N) is 1. The van der Waals surface area contributed by atoms with Gasteiger partial charge in [-0.2, -0.15) is 0 Å². The number of fused-ring (bicyclic) bond motifs is 5. The Labute approximate surface area is 202 Å². The summed E-state index contributed by atoms with van der Waals surface area (Å²) in [5, 5.41) is 3.09. The van der Waals surface area contributed by atoms with Crippen molar-refractivity contribution in [3.8, 4) is 39.9 Å². The summed E-state index contributed by atoms with van der Waals surface area (Å²) in [5.74, 6) is 3.37. The van der Waals surface area contributed by atoms with Crippen molar-refractivity contribution >= 4 is 11.6 Å². The maximum absolute atomic E-state index is 13.5. The van der Waals surface area contributed by atoms with E-state index in [1.54, 1.807) is 0 Å². The number of hydrogen-bond donors (Lipinski definition) is 1. The van der Waals surface area contributed by atoms with Gasteiger partial charge in [0.25, 0.3) is 0 Å². The number of para-hydroxylation sites is 1. The lowest BCUT2D eigenvalue weighted by Crippen LogP contribution is -2.37. The molecule has 3 heterocycles. The Kier molecular flexibility index (Phi) is 4.30. The molecule has 4 aromatic rings. The summed E-state index contributed by atoms with van der Waals surface area (Å²) in [6.45, 7) is 1.19. The molecule has 1 spiro atoms. The fraction of sp³-hybridized carbons (Fsp3) is 0.138. The van der Waals surface area contributed by atoms with Crippen LogP contribution in [0.1, 0.15) is 11.1 Å². The summed E-state index contributed by atoms with van der Waals surface area (Å²) in [7, 11) is 0. The van der Waals surface area contributed by atoms with E-state index in [0.29, 0.717) is 30.5 Å². The highest BCUT2D eigenvalue weighted by Gasteiger charge is 2.55. The van der Waals surface area contributed by atoms with Crippen LogP contribution < -0.4 is 24.3 Å². The highest BCUT2D eigenvalue weighted by molar-refractivity contribution is 6.12. The molecule has 6 heteroatoms.